The molecule has 1 atom stereocenters. The molecule has 18 heavy (non-hydrogen) atoms. The summed E-state index contributed by atoms with van der Waals surface area (Å²) in [6.07, 6.45) is 0. The van der Waals surface area contributed by atoms with Gasteiger partial charge in [0.15, 0.2) is 5.82 Å². The number of anilines is 1. The molecule has 1 heterocycles. The molecular formula is C14H15ClFNO. The van der Waals surface area contributed by atoms with Crippen LogP contribution < -0.4 is 5.32 Å². The molecule has 96 valence electrons. The highest BCUT2D eigenvalue weighted by atomic mass is 35.5. The molecule has 1 aromatic carbocycles. The lowest BCUT2D eigenvalue weighted by Gasteiger charge is -2.15. The lowest BCUT2D eigenvalue weighted by atomic mass is 10.1. The van der Waals surface area contributed by atoms with E-state index in [9.17, 15) is 4.39 Å². The normalized spacial score (nSPS) is 12.5. The van der Waals surface area contributed by atoms with Gasteiger partial charge in [0.25, 0.3) is 0 Å². The van der Waals surface area contributed by atoms with Crippen LogP contribution >= 0.6 is 11.6 Å². The van der Waals surface area contributed by atoms with E-state index >= 15 is 0 Å². The maximum absolute atomic E-state index is 13.8. The Bertz CT molecular complexity index is 565. The molecule has 0 saturated carbocycles. The highest BCUT2D eigenvalue weighted by molar-refractivity contribution is 6.31. The molecule has 0 aliphatic heterocycles. The molecule has 0 aliphatic rings. The fourth-order valence-corrected chi connectivity index (χ4v) is 2.18. The first-order chi connectivity index (χ1) is 8.49. The van der Waals surface area contributed by atoms with Crippen LogP contribution in [0.15, 0.2) is 28.7 Å². The average molecular weight is 268 g/mol. The quantitative estimate of drug-likeness (QED) is 0.859. The van der Waals surface area contributed by atoms with Gasteiger partial charge in [-0.15, -0.1) is 0 Å². The summed E-state index contributed by atoms with van der Waals surface area (Å²) >= 11 is 5.75. The lowest BCUT2D eigenvalue weighted by Crippen LogP contribution is -2.08. The first-order valence-corrected chi connectivity index (χ1v) is 6.14. The number of halogens is 2. The van der Waals surface area contributed by atoms with E-state index in [4.69, 9.17) is 16.0 Å². The standard InChI is InChI=1S/C14H15ClFNO/c1-8-7-11(10(3)18-8)9(2)17-13-6-4-5-12(15)14(13)16/h4-7,9,17H,1-3H3. The number of hydrogen-bond donors (Lipinski definition) is 1. The van der Waals surface area contributed by atoms with Gasteiger partial charge >= 0.3 is 0 Å². The third-order valence-corrected chi connectivity index (χ3v) is 3.16. The SMILES string of the molecule is Cc1cc(C(C)Nc2cccc(Cl)c2F)c(C)o1. The minimum absolute atomic E-state index is 0.0459. The molecule has 0 bridgehead atoms. The molecule has 0 saturated heterocycles. The summed E-state index contributed by atoms with van der Waals surface area (Å²) in [5.41, 5.74) is 1.42. The zero-order valence-electron chi connectivity index (χ0n) is 10.6. The summed E-state index contributed by atoms with van der Waals surface area (Å²) in [5.74, 6) is 1.27. The molecule has 1 aromatic heterocycles. The Morgan fingerprint density at radius 3 is 2.67 bits per heavy atom. The number of aryl methyl sites for hydroxylation is 2. The highest BCUT2D eigenvalue weighted by Crippen LogP contribution is 2.28. The number of benzene rings is 1. The highest BCUT2D eigenvalue weighted by Gasteiger charge is 2.14. The summed E-state index contributed by atoms with van der Waals surface area (Å²) in [6.45, 7) is 5.75. The van der Waals surface area contributed by atoms with Crippen LogP contribution in [0.1, 0.15) is 30.0 Å². The van der Waals surface area contributed by atoms with Crippen LogP contribution in [0.2, 0.25) is 5.02 Å². The van der Waals surface area contributed by atoms with Gasteiger partial charge in [0.1, 0.15) is 11.5 Å². The summed E-state index contributed by atoms with van der Waals surface area (Å²) < 4.78 is 19.2. The Morgan fingerprint density at radius 1 is 1.33 bits per heavy atom. The van der Waals surface area contributed by atoms with E-state index in [-0.39, 0.29) is 11.1 Å². The number of nitrogens with one attached hydrogen (secondary N) is 1. The van der Waals surface area contributed by atoms with Crippen molar-refractivity contribution >= 4 is 17.3 Å². The third kappa shape index (κ3) is 2.51. The zero-order valence-corrected chi connectivity index (χ0v) is 11.3. The Balaban J connectivity index is 2.24. The second kappa shape index (κ2) is 5.02. The predicted molar refractivity (Wildman–Crippen MR) is 71.6 cm³/mol. The minimum atomic E-state index is -0.427. The van der Waals surface area contributed by atoms with E-state index in [1.807, 2.05) is 26.8 Å². The van der Waals surface area contributed by atoms with Crippen molar-refractivity contribution in [2.75, 3.05) is 5.32 Å². The van der Waals surface area contributed by atoms with Gasteiger partial charge in [-0.05, 0) is 39.0 Å². The maximum atomic E-state index is 13.8. The van der Waals surface area contributed by atoms with Gasteiger partial charge in [0, 0.05) is 5.56 Å². The molecule has 1 N–H and O–H groups in total. The fourth-order valence-electron chi connectivity index (χ4n) is 2.01. The minimum Gasteiger partial charge on any atom is -0.466 e. The largest absolute Gasteiger partial charge is 0.466 e. The van der Waals surface area contributed by atoms with Gasteiger partial charge < -0.3 is 9.73 Å². The van der Waals surface area contributed by atoms with Gasteiger partial charge in [-0.3, -0.25) is 0 Å². The predicted octanol–water partition coefficient (Wildman–Crippen LogP) is 4.86. The summed E-state index contributed by atoms with van der Waals surface area (Å²) in [7, 11) is 0. The molecular weight excluding hydrogens is 253 g/mol. The van der Waals surface area contributed by atoms with E-state index in [1.165, 1.54) is 6.07 Å². The maximum Gasteiger partial charge on any atom is 0.164 e. The van der Waals surface area contributed by atoms with Crippen LogP contribution in [0.4, 0.5) is 10.1 Å². The van der Waals surface area contributed by atoms with Gasteiger partial charge in [-0.25, -0.2) is 4.39 Å². The van der Waals surface area contributed by atoms with Crippen LogP contribution in [0.25, 0.3) is 0 Å². The fraction of sp³-hybridized carbons (Fsp3) is 0.286. The monoisotopic (exact) mass is 267 g/mol. The summed E-state index contributed by atoms with van der Waals surface area (Å²) in [5, 5.41) is 3.22. The molecule has 2 rings (SSSR count). The van der Waals surface area contributed by atoms with Crippen LogP contribution in [-0.2, 0) is 0 Å². The number of hydrogen-bond acceptors (Lipinski definition) is 2. The van der Waals surface area contributed by atoms with E-state index < -0.39 is 5.82 Å². The molecule has 0 aliphatic carbocycles. The lowest BCUT2D eigenvalue weighted by molar-refractivity contribution is 0.499. The van der Waals surface area contributed by atoms with Gasteiger partial charge in [-0.2, -0.15) is 0 Å². The third-order valence-electron chi connectivity index (χ3n) is 2.87. The van der Waals surface area contributed by atoms with E-state index in [0.29, 0.717) is 5.69 Å². The first kappa shape index (κ1) is 13.0. The van der Waals surface area contributed by atoms with Gasteiger partial charge in [-0.1, -0.05) is 17.7 Å². The molecule has 0 amide bonds. The zero-order chi connectivity index (χ0) is 13.3. The molecule has 0 fully saturated rings. The molecule has 2 nitrogen and oxygen atoms in total. The molecule has 0 spiro atoms. The summed E-state index contributed by atoms with van der Waals surface area (Å²) in [4.78, 5) is 0. The van der Waals surface area contributed by atoms with E-state index in [1.54, 1.807) is 12.1 Å². The smallest absolute Gasteiger partial charge is 0.164 e. The molecule has 4 heteroatoms. The van der Waals surface area contributed by atoms with Crippen molar-refractivity contribution in [2.24, 2.45) is 0 Å². The van der Waals surface area contributed by atoms with Crippen LogP contribution in [0.5, 0.6) is 0 Å². The first-order valence-electron chi connectivity index (χ1n) is 5.76. The second-order valence-electron chi connectivity index (χ2n) is 4.34. The van der Waals surface area contributed by atoms with Crippen LogP contribution in [-0.4, -0.2) is 0 Å². The molecule has 2 aromatic rings. The molecule has 1 unspecified atom stereocenters. The van der Waals surface area contributed by atoms with Crippen LogP contribution in [0, 0.1) is 19.7 Å². The van der Waals surface area contributed by atoms with Crippen LogP contribution in [0.3, 0.4) is 0 Å². The molecule has 0 radical (unpaired) electrons. The average Bonchev–Trinajstić information content (AvgIpc) is 2.64. The number of furan rings is 1. The van der Waals surface area contributed by atoms with Gasteiger partial charge in [0.2, 0.25) is 0 Å². The second-order valence-corrected chi connectivity index (χ2v) is 4.74. The Labute approximate surface area is 111 Å². The topological polar surface area (TPSA) is 25.2 Å². The van der Waals surface area contributed by atoms with E-state index in [2.05, 4.69) is 5.32 Å². The Kier molecular flexibility index (Phi) is 3.62. The van der Waals surface area contributed by atoms with Crippen molar-refractivity contribution in [3.8, 4) is 0 Å². The van der Waals surface area contributed by atoms with Crippen molar-refractivity contribution in [3.05, 3.63) is 52.2 Å². The van der Waals surface area contributed by atoms with Crippen molar-refractivity contribution in [1.82, 2.24) is 0 Å². The number of rotatable bonds is 3. The van der Waals surface area contributed by atoms with Gasteiger partial charge in [0.05, 0.1) is 16.8 Å². The Hall–Kier alpha value is -1.48. The van der Waals surface area contributed by atoms with Crippen molar-refractivity contribution in [1.29, 1.82) is 0 Å². The van der Waals surface area contributed by atoms with Crippen molar-refractivity contribution in [3.63, 3.8) is 0 Å². The van der Waals surface area contributed by atoms with E-state index in [0.717, 1.165) is 17.1 Å². The summed E-state index contributed by atoms with van der Waals surface area (Å²) in [6, 6.07) is 6.82. The Morgan fingerprint density at radius 2 is 2.06 bits per heavy atom. The van der Waals surface area contributed by atoms with Crippen molar-refractivity contribution < 1.29 is 8.81 Å². The van der Waals surface area contributed by atoms with Crippen molar-refractivity contribution in [2.45, 2.75) is 26.8 Å².